The highest BCUT2D eigenvalue weighted by molar-refractivity contribution is 5.89. The third-order valence-electron chi connectivity index (χ3n) is 6.08. The maximum Gasteiger partial charge on any atom is 0.416 e. The Morgan fingerprint density at radius 3 is 2.61 bits per heavy atom. The van der Waals surface area contributed by atoms with Crippen LogP contribution in [0.1, 0.15) is 50.7 Å². The molecular formula is C24H30F4N4O. The first kappa shape index (κ1) is 25.0. The summed E-state index contributed by atoms with van der Waals surface area (Å²) >= 11 is 0. The Balaban J connectivity index is 1.77. The van der Waals surface area contributed by atoms with Crippen LogP contribution in [0.4, 0.5) is 28.0 Å². The fourth-order valence-electron chi connectivity index (χ4n) is 4.31. The third kappa shape index (κ3) is 6.90. The summed E-state index contributed by atoms with van der Waals surface area (Å²) in [5, 5.41) is 2.48. The minimum absolute atomic E-state index is 0.0917. The molecule has 2 heterocycles. The Morgan fingerprint density at radius 2 is 2.00 bits per heavy atom. The van der Waals surface area contributed by atoms with Crippen LogP contribution < -0.4 is 5.32 Å². The van der Waals surface area contributed by atoms with Gasteiger partial charge in [0.15, 0.2) is 0 Å². The van der Waals surface area contributed by atoms with Gasteiger partial charge in [0.05, 0.1) is 5.56 Å². The van der Waals surface area contributed by atoms with E-state index >= 15 is 0 Å². The van der Waals surface area contributed by atoms with Gasteiger partial charge in [-0.1, -0.05) is 19.4 Å². The van der Waals surface area contributed by atoms with Crippen molar-refractivity contribution in [2.24, 2.45) is 0 Å². The molecule has 2 aromatic rings. The first-order chi connectivity index (χ1) is 15.7. The van der Waals surface area contributed by atoms with Crippen LogP contribution in [0.25, 0.3) is 0 Å². The van der Waals surface area contributed by atoms with Crippen molar-refractivity contribution in [3.63, 3.8) is 0 Å². The lowest BCUT2D eigenvalue weighted by atomic mass is 10.00. The average Bonchev–Trinajstić information content (AvgIpc) is 2.77. The SMILES string of the molecule is CCCC(C)N1CCC(N(Cc2cccnc2)C(=O)Nc2cc(F)cc(C(F)(F)F)c2)CC1. The van der Waals surface area contributed by atoms with Gasteiger partial charge in [0, 0.05) is 49.8 Å². The summed E-state index contributed by atoms with van der Waals surface area (Å²) in [6.07, 6.45) is 2.28. The van der Waals surface area contributed by atoms with Crippen LogP contribution in [0.3, 0.4) is 0 Å². The van der Waals surface area contributed by atoms with Crippen LogP contribution in [0, 0.1) is 5.82 Å². The molecule has 1 atom stereocenters. The number of nitrogens with one attached hydrogen (secondary N) is 1. The third-order valence-corrected chi connectivity index (χ3v) is 6.08. The molecule has 0 spiro atoms. The molecule has 0 bridgehead atoms. The number of piperidine rings is 1. The fraction of sp³-hybridized carbons (Fsp3) is 0.500. The van der Waals surface area contributed by atoms with Crippen molar-refractivity contribution in [1.29, 1.82) is 0 Å². The first-order valence-electron chi connectivity index (χ1n) is 11.3. The number of rotatable bonds is 7. The Bertz CT molecular complexity index is 914. The second kappa shape index (κ2) is 11.0. The van der Waals surface area contributed by atoms with Crippen molar-refractivity contribution >= 4 is 11.7 Å². The number of nitrogens with zero attached hydrogens (tertiary/aromatic N) is 3. The summed E-state index contributed by atoms with van der Waals surface area (Å²) in [5.74, 6) is -1.06. The summed E-state index contributed by atoms with van der Waals surface area (Å²) in [4.78, 5) is 21.3. The van der Waals surface area contributed by atoms with Gasteiger partial charge in [-0.25, -0.2) is 9.18 Å². The second-order valence-corrected chi connectivity index (χ2v) is 8.55. The highest BCUT2D eigenvalue weighted by atomic mass is 19.4. The van der Waals surface area contributed by atoms with E-state index in [4.69, 9.17) is 0 Å². The number of anilines is 1. The minimum atomic E-state index is -4.71. The molecule has 2 amide bonds. The zero-order valence-electron chi connectivity index (χ0n) is 18.9. The van der Waals surface area contributed by atoms with E-state index < -0.39 is 23.6 Å². The number of urea groups is 1. The largest absolute Gasteiger partial charge is 0.416 e. The standard InChI is InChI=1S/C24H30F4N4O/c1-3-5-17(2)31-10-7-22(8-11-31)32(16-18-6-4-9-29-15-18)23(33)30-21-13-19(24(26,27)28)12-20(25)14-21/h4,6,9,12-15,17,22H,3,5,7-8,10-11,16H2,1-2H3,(H,30,33). The molecule has 1 aromatic heterocycles. The van der Waals surface area contributed by atoms with Gasteiger partial charge in [-0.15, -0.1) is 0 Å². The molecule has 9 heteroatoms. The minimum Gasteiger partial charge on any atom is -0.317 e. The van der Waals surface area contributed by atoms with Crippen LogP contribution in [-0.2, 0) is 12.7 Å². The molecule has 1 unspecified atom stereocenters. The molecule has 33 heavy (non-hydrogen) atoms. The average molecular weight is 467 g/mol. The monoisotopic (exact) mass is 466 g/mol. The Morgan fingerprint density at radius 1 is 1.27 bits per heavy atom. The number of carbonyl (C=O) groups is 1. The number of carbonyl (C=O) groups excluding carboxylic acids is 1. The van der Waals surface area contributed by atoms with Crippen LogP contribution in [-0.4, -0.2) is 46.0 Å². The van der Waals surface area contributed by atoms with E-state index in [2.05, 4.69) is 29.0 Å². The number of pyridine rings is 1. The lowest BCUT2D eigenvalue weighted by molar-refractivity contribution is -0.137. The molecule has 5 nitrogen and oxygen atoms in total. The maximum absolute atomic E-state index is 13.8. The number of alkyl halides is 3. The van der Waals surface area contributed by atoms with Gasteiger partial charge in [0.1, 0.15) is 5.82 Å². The van der Waals surface area contributed by atoms with Gasteiger partial charge >= 0.3 is 12.2 Å². The maximum atomic E-state index is 13.8. The molecule has 0 aliphatic carbocycles. The van der Waals surface area contributed by atoms with Gasteiger partial charge in [-0.3, -0.25) is 4.98 Å². The van der Waals surface area contributed by atoms with E-state index in [1.807, 2.05) is 6.07 Å². The summed E-state index contributed by atoms with van der Waals surface area (Å²) in [6.45, 7) is 6.28. The number of benzene rings is 1. The predicted octanol–water partition coefficient (Wildman–Crippen LogP) is 5.93. The van der Waals surface area contributed by atoms with Crippen molar-refractivity contribution in [1.82, 2.24) is 14.8 Å². The molecule has 1 fully saturated rings. The quantitative estimate of drug-likeness (QED) is 0.515. The molecule has 1 saturated heterocycles. The van der Waals surface area contributed by atoms with Crippen molar-refractivity contribution in [2.45, 2.75) is 64.3 Å². The van der Waals surface area contributed by atoms with Gasteiger partial charge in [-0.05, 0) is 56.0 Å². The van der Waals surface area contributed by atoms with Gasteiger partial charge in [-0.2, -0.15) is 13.2 Å². The molecule has 180 valence electrons. The number of hydrogen-bond donors (Lipinski definition) is 1. The number of halogens is 4. The molecule has 1 aliphatic heterocycles. The predicted molar refractivity (Wildman–Crippen MR) is 119 cm³/mol. The fourth-order valence-corrected chi connectivity index (χ4v) is 4.31. The lowest BCUT2D eigenvalue weighted by Crippen LogP contribution is -2.50. The number of hydrogen-bond acceptors (Lipinski definition) is 3. The molecule has 0 saturated carbocycles. The van der Waals surface area contributed by atoms with E-state index in [0.717, 1.165) is 56.5 Å². The van der Waals surface area contributed by atoms with Crippen molar-refractivity contribution < 1.29 is 22.4 Å². The highest BCUT2D eigenvalue weighted by Gasteiger charge is 2.33. The molecule has 3 rings (SSSR count). The molecule has 0 radical (unpaired) electrons. The van der Waals surface area contributed by atoms with Crippen molar-refractivity contribution in [3.05, 3.63) is 59.7 Å². The van der Waals surface area contributed by atoms with Crippen LogP contribution in [0.15, 0.2) is 42.7 Å². The van der Waals surface area contributed by atoms with E-state index in [0.29, 0.717) is 12.1 Å². The Labute approximate surface area is 191 Å². The first-order valence-corrected chi connectivity index (χ1v) is 11.3. The van der Waals surface area contributed by atoms with Gasteiger partial charge in [0.2, 0.25) is 0 Å². The van der Waals surface area contributed by atoms with E-state index in [-0.39, 0.29) is 18.3 Å². The zero-order valence-corrected chi connectivity index (χ0v) is 18.9. The van der Waals surface area contributed by atoms with Gasteiger partial charge < -0.3 is 15.1 Å². The summed E-state index contributed by atoms with van der Waals surface area (Å²) in [5.41, 5.74) is -0.558. The number of amides is 2. The number of likely N-dealkylation sites (tertiary alicyclic amines) is 1. The smallest absolute Gasteiger partial charge is 0.317 e. The molecule has 1 N–H and O–H groups in total. The van der Waals surface area contributed by atoms with E-state index in [1.54, 1.807) is 23.4 Å². The number of aromatic nitrogens is 1. The van der Waals surface area contributed by atoms with E-state index in [1.165, 1.54) is 0 Å². The Kier molecular flexibility index (Phi) is 8.29. The molecular weight excluding hydrogens is 436 g/mol. The van der Waals surface area contributed by atoms with Crippen LogP contribution >= 0.6 is 0 Å². The second-order valence-electron chi connectivity index (χ2n) is 8.55. The normalized spacial score (nSPS) is 16.4. The summed E-state index contributed by atoms with van der Waals surface area (Å²) in [6, 6.07) is 5.48. The van der Waals surface area contributed by atoms with Crippen LogP contribution in [0.5, 0.6) is 0 Å². The van der Waals surface area contributed by atoms with Gasteiger partial charge in [0.25, 0.3) is 0 Å². The summed E-state index contributed by atoms with van der Waals surface area (Å²) in [7, 11) is 0. The topological polar surface area (TPSA) is 48.5 Å². The molecule has 1 aliphatic rings. The Hall–Kier alpha value is -2.68. The summed E-state index contributed by atoms with van der Waals surface area (Å²) < 4.78 is 53.0. The van der Waals surface area contributed by atoms with Crippen molar-refractivity contribution in [3.8, 4) is 0 Å². The van der Waals surface area contributed by atoms with Crippen molar-refractivity contribution in [2.75, 3.05) is 18.4 Å². The van der Waals surface area contributed by atoms with Crippen LogP contribution in [0.2, 0.25) is 0 Å². The zero-order chi connectivity index (χ0) is 24.0. The highest BCUT2D eigenvalue weighted by Crippen LogP contribution is 2.32. The molecule has 1 aromatic carbocycles. The van der Waals surface area contributed by atoms with E-state index in [9.17, 15) is 22.4 Å². The lowest BCUT2D eigenvalue weighted by Gasteiger charge is -2.40.